The van der Waals surface area contributed by atoms with Crippen molar-refractivity contribution in [3.05, 3.63) is 29.8 Å². The third kappa shape index (κ3) is 2.04. The molecule has 1 fully saturated rings. The maximum atomic E-state index is 12.6. The molecule has 3 rings (SSSR count). The average molecular weight is 282 g/mol. The first kappa shape index (κ1) is 12.4. The van der Waals surface area contributed by atoms with Gasteiger partial charge in [-0.05, 0) is 24.5 Å². The van der Waals surface area contributed by atoms with Crippen molar-refractivity contribution in [2.45, 2.75) is 29.7 Å². The van der Waals surface area contributed by atoms with Gasteiger partial charge in [-0.2, -0.15) is 0 Å². The molecule has 1 saturated heterocycles. The smallest absolute Gasteiger partial charge is 0.231 e. The molecule has 4 heteroatoms. The molecule has 2 aliphatic rings. The summed E-state index contributed by atoms with van der Waals surface area (Å²) >= 11 is 7.75. The number of hydrogen-bond donors (Lipinski definition) is 0. The van der Waals surface area contributed by atoms with Gasteiger partial charge >= 0.3 is 0 Å². The molecule has 2 heterocycles. The Hall–Kier alpha value is -0.670. The summed E-state index contributed by atoms with van der Waals surface area (Å²) in [4.78, 5) is 15.9. The van der Waals surface area contributed by atoms with E-state index < -0.39 is 0 Å². The third-order valence-corrected chi connectivity index (χ3v) is 5.38. The minimum Gasteiger partial charge on any atom is -0.338 e. The minimum atomic E-state index is 0.0371. The van der Waals surface area contributed by atoms with Gasteiger partial charge < -0.3 is 4.90 Å². The van der Waals surface area contributed by atoms with Crippen LogP contribution >= 0.6 is 23.4 Å². The van der Waals surface area contributed by atoms with Crippen LogP contribution in [0.5, 0.6) is 0 Å². The molecule has 0 aliphatic carbocycles. The lowest BCUT2D eigenvalue weighted by Crippen LogP contribution is -2.39. The molecule has 0 N–H and O–H groups in total. The van der Waals surface area contributed by atoms with Crippen molar-refractivity contribution in [2.24, 2.45) is 0 Å². The van der Waals surface area contributed by atoms with Crippen LogP contribution in [0, 0.1) is 0 Å². The summed E-state index contributed by atoms with van der Waals surface area (Å²) in [5.74, 6) is 1.75. The van der Waals surface area contributed by atoms with E-state index in [1.807, 2.05) is 17.0 Å². The van der Waals surface area contributed by atoms with Crippen molar-refractivity contribution in [1.29, 1.82) is 0 Å². The zero-order valence-corrected chi connectivity index (χ0v) is 11.7. The topological polar surface area (TPSA) is 20.3 Å². The fourth-order valence-corrected chi connectivity index (χ4v) is 4.39. The maximum absolute atomic E-state index is 12.6. The number of rotatable bonds is 2. The molecular formula is C14H16ClNOS. The number of halogens is 1. The van der Waals surface area contributed by atoms with Crippen molar-refractivity contribution in [3.63, 3.8) is 0 Å². The van der Waals surface area contributed by atoms with Crippen LogP contribution in [0.2, 0.25) is 0 Å². The van der Waals surface area contributed by atoms with E-state index in [9.17, 15) is 4.79 Å². The van der Waals surface area contributed by atoms with Crippen LogP contribution in [0.25, 0.3) is 0 Å². The van der Waals surface area contributed by atoms with Crippen LogP contribution in [-0.4, -0.2) is 35.0 Å². The first-order valence-corrected chi connectivity index (χ1v) is 7.91. The normalized spacial score (nSPS) is 26.4. The number of carbonyl (C=O) groups is 1. The molecule has 1 aromatic carbocycles. The Kier molecular flexibility index (Phi) is 3.53. The van der Waals surface area contributed by atoms with Gasteiger partial charge in [-0.15, -0.1) is 23.4 Å². The van der Waals surface area contributed by atoms with E-state index in [1.165, 1.54) is 10.5 Å². The summed E-state index contributed by atoms with van der Waals surface area (Å²) in [7, 11) is 0. The number of carbonyl (C=O) groups excluding carboxylic acids is 1. The van der Waals surface area contributed by atoms with Gasteiger partial charge in [-0.25, -0.2) is 0 Å². The predicted octanol–water partition coefficient (Wildman–Crippen LogP) is 3.11. The number of likely N-dealkylation sites (tertiary alicyclic amines) is 1. The number of thioether (sulfide) groups is 1. The number of amides is 1. The second-order valence-corrected chi connectivity index (χ2v) is 6.25. The van der Waals surface area contributed by atoms with E-state index in [0.29, 0.717) is 5.88 Å². The van der Waals surface area contributed by atoms with Crippen LogP contribution in [-0.2, 0) is 4.79 Å². The van der Waals surface area contributed by atoms with Crippen LogP contribution in [0.1, 0.15) is 24.3 Å². The van der Waals surface area contributed by atoms with Crippen molar-refractivity contribution < 1.29 is 4.79 Å². The molecule has 2 atom stereocenters. The van der Waals surface area contributed by atoms with E-state index in [4.69, 9.17) is 11.6 Å². The second kappa shape index (κ2) is 5.14. The third-order valence-electron chi connectivity index (χ3n) is 3.84. The van der Waals surface area contributed by atoms with Gasteiger partial charge in [0, 0.05) is 29.1 Å². The monoisotopic (exact) mass is 281 g/mol. The van der Waals surface area contributed by atoms with Crippen LogP contribution < -0.4 is 0 Å². The standard InChI is InChI=1S/C14H16ClNOS/c15-8-10-4-3-7-16(10)14(17)12-9-18-13-6-2-1-5-11(12)13/h1-2,5-6,10,12H,3-4,7-9H2. The lowest BCUT2D eigenvalue weighted by atomic mass is 9.99. The summed E-state index contributed by atoms with van der Waals surface area (Å²) in [5.41, 5.74) is 1.20. The fraction of sp³-hybridized carbons (Fsp3) is 0.500. The molecule has 18 heavy (non-hydrogen) atoms. The Morgan fingerprint density at radius 3 is 3.11 bits per heavy atom. The molecule has 0 radical (unpaired) electrons. The summed E-state index contributed by atoms with van der Waals surface area (Å²) in [6.07, 6.45) is 2.14. The average Bonchev–Trinajstić information content (AvgIpc) is 3.04. The van der Waals surface area contributed by atoms with Crippen LogP contribution in [0.3, 0.4) is 0 Å². The molecule has 1 amide bonds. The predicted molar refractivity (Wildman–Crippen MR) is 75.4 cm³/mol. The highest BCUT2D eigenvalue weighted by molar-refractivity contribution is 7.99. The Morgan fingerprint density at radius 1 is 1.44 bits per heavy atom. The van der Waals surface area contributed by atoms with Crippen molar-refractivity contribution >= 4 is 29.3 Å². The van der Waals surface area contributed by atoms with Gasteiger partial charge in [-0.1, -0.05) is 18.2 Å². The molecule has 2 aliphatic heterocycles. The lowest BCUT2D eigenvalue weighted by Gasteiger charge is -2.26. The molecular weight excluding hydrogens is 266 g/mol. The summed E-state index contributed by atoms with van der Waals surface area (Å²) in [6, 6.07) is 8.50. The van der Waals surface area contributed by atoms with E-state index in [2.05, 4.69) is 12.1 Å². The van der Waals surface area contributed by atoms with E-state index >= 15 is 0 Å². The Labute approximate surface area is 117 Å². The highest BCUT2D eigenvalue weighted by Crippen LogP contribution is 2.41. The number of alkyl halides is 1. The molecule has 0 aromatic heterocycles. The summed E-state index contributed by atoms with van der Waals surface area (Å²) < 4.78 is 0. The molecule has 0 spiro atoms. The highest BCUT2D eigenvalue weighted by Gasteiger charge is 2.36. The fourth-order valence-electron chi connectivity index (χ4n) is 2.85. The zero-order valence-electron chi connectivity index (χ0n) is 10.1. The Bertz CT molecular complexity index is 465. The summed E-state index contributed by atoms with van der Waals surface area (Å²) in [6.45, 7) is 0.875. The molecule has 0 saturated carbocycles. The first-order chi connectivity index (χ1) is 8.81. The quantitative estimate of drug-likeness (QED) is 0.777. The van der Waals surface area contributed by atoms with Crippen molar-refractivity contribution in [2.75, 3.05) is 18.2 Å². The van der Waals surface area contributed by atoms with Crippen LogP contribution in [0.4, 0.5) is 0 Å². The molecule has 1 aromatic rings. The van der Waals surface area contributed by atoms with Crippen molar-refractivity contribution in [3.8, 4) is 0 Å². The number of fused-ring (bicyclic) bond motifs is 1. The lowest BCUT2D eigenvalue weighted by molar-refractivity contribution is -0.132. The van der Waals surface area contributed by atoms with E-state index in [1.54, 1.807) is 11.8 Å². The zero-order chi connectivity index (χ0) is 12.5. The second-order valence-electron chi connectivity index (χ2n) is 4.88. The van der Waals surface area contributed by atoms with E-state index in [0.717, 1.165) is 25.1 Å². The molecule has 96 valence electrons. The molecule has 2 nitrogen and oxygen atoms in total. The Balaban J connectivity index is 1.82. The largest absolute Gasteiger partial charge is 0.338 e. The molecule has 0 bridgehead atoms. The number of benzene rings is 1. The summed E-state index contributed by atoms with van der Waals surface area (Å²) in [5, 5.41) is 0. The minimum absolute atomic E-state index is 0.0371. The van der Waals surface area contributed by atoms with Gasteiger partial charge in [0.25, 0.3) is 0 Å². The van der Waals surface area contributed by atoms with Gasteiger partial charge in [0.2, 0.25) is 5.91 Å². The number of nitrogens with zero attached hydrogens (tertiary/aromatic N) is 1. The van der Waals surface area contributed by atoms with Gasteiger partial charge in [0.1, 0.15) is 0 Å². The van der Waals surface area contributed by atoms with Crippen molar-refractivity contribution in [1.82, 2.24) is 4.90 Å². The maximum Gasteiger partial charge on any atom is 0.231 e. The Morgan fingerprint density at radius 2 is 2.28 bits per heavy atom. The first-order valence-electron chi connectivity index (χ1n) is 6.39. The SMILES string of the molecule is O=C(C1CSc2ccccc21)N1CCCC1CCl. The van der Waals surface area contributed by atoms with Gasteiger partial charge in [-0.3, -0.25) is 4.79 Å². The number of hydrogen-bond acceptors (Lipinski definition) is 2. The van der Waals surface area contributed by atoms with Gasteiger partial charge in [0.15, 0.2) is 0 Å². The van der Waals surface area contributed by atoms with Crippen LogP contribution in [0.15, 0.2) is 29.2 Å². The van der Waals surface area contributed by atoms with Gasteiger partial charge in [0.05, 0.1) is 5.92 Å². The molecule has 2 unspecified atom stereocenters. The highest BCUT2D eigenvalue weighted by atomic mass is 35.5. The van der Waals surface area contributed by atoms with E-state index in [-0.39, 0.29) is 17.9 Å².